The van der Waals surface area contributed by atoms with E-state index >= 15 is 0 Å². The van der Waals surface area contributed by atoms with Crippen molar-refractivity contribution in [2.75, 3.05) is 6.54 Å². The van der Waals surface area contributed by atoms with Gasteiger partial charge in [-0.05, 0) is 73.1 Å². The smallest absolute Gasteiger partial charge is 0.404 e. The molecule has 10 heteroatoms. The lowest BCUT2D eigenvalue weighted by Gasteiger charge is -2.64. The maximum Gasteiger partial charge on any atom is 0.481 e. The van der Waals surface area contributed by atoms with Gasteiger partial charge in [0.15, 0.2) is 0 Å². The maximum absolute atomic E-state index is 14.4. The first kappa shape index (κ1) is 31.8. The first-order chi connectivity index (χ1) is 22.5. The van der Waals surface area contributed by atoms with E-state index in [2.05, 4.69) is 55.4 Å². The van der Waals surface area contributed by atoms with E-state index < -0.39 is 12.7 Å². The van der Waals surface area contributed by atoms with Crippen molar-refractivity contribution in [1.82, 2.24) is 15.6 Å². The highest BCUT2D eigenvalue weighted by molar-refractivity contribution is 6.48. The third kappa shape index (κ3) is 5.73. The highest BCUT2D eigenvalue weighted by Gasteiger charge is 2.68. The Bertz CT molecular complexity index is 1690. The van der Waals surface area contributed by atoms with Crippen molar-refractivity contribution in [2.24, 2.45) is 28.3 Å². The second-order valence-electron chi connectivity index (χ2n) is 15.2. The number of aromatic nitrogens is 1. The number of hydrogen-bond acceptors (Lipinski definition) is 7. The van der Waals surface area contributed by atoms with Crippen molar-refractivity contribution >= 4 is 35.5 Å². The minimum Gasteiger partial charge on any atom is -0.404 e. The highest BCUT2D eigenvalue weighted by atomic mass is 16.7. The molecule has 3 saturated carbocycles. The summed E-state index contributed by atoms with van der Waals surface area (Å²) in [4.78, 5) is 38.1. The molecule has 2 aromatic carbocycles. The summed E-state index contributed by atoms with van der Waals surface area (Å²) in [5, 5.41) is 11.4. The minimum atomic E-state index is -1.28. The largest absolute Gasteiger partial charge is 0.481 e. The molecule has 3 aliphatic carbocycles. The van der Waals surface area contributed by atoms with Crippen molar-refractivity contribution in [2.45, 2.75) is 90.0 Å². The van der Waals surface area contributed by atoms with Crippen LogP contribution in [0.15, 0.2) is 72.0 Å². The highest BCUT2D eigenvalue weighted by Crippen LogP contribution is 2.65. The van der Waals surface area contributed by atoms with Gasteiger partial charge in [-0.1, -0.05) is 75.3 Å². The first-order valence-corrected chi connectivity index (χ1v) is 17.0. The Morgan fingerprint density at radius 3 is 2.60 bits per heavy atom. The van der Waals surface area contributed by atoms with Crippen LogP contribution in [-0.4, -0.2) is 59.4 Å². The van der Waals surface area contributed by atoms with Gasteiger partial charge in [0.05, 0.1) is 35.4 Å². The van der Waals surface area contributed by atoms with Crippen LogP contribution in [0, 0.1) is 23.2 Å². The van der Waals surface area contributed by atoms with E-state index in [4.69, 9.17) is 14.1 Å². The van der Waals surface area contributed by atoms with Crippen molar-refractivity contribution in [3.8, 4) is 0 Å². The minimum absolute atomic E-state index is 0.0212. The number of fused-ring (bicyclic) bond motifs is 1. The number of carbonyl (C=O) groups is 2. The van der Waals surface area contributed by atoms with Crippen molar-refractivity contribution in [3.05, 3.63) is 78.0 Å². The van der Waals surface area contributed by atoms with Crippen LogP contribution in [0.3, 0.4) is 0 Å². The molecule has 0 radical (unpaired) electrons. The molecule has 2 aliphatic heterocycles. The molecule has 2 amide bonds. The van der Waals surface area contributed by atoms with E-state index in [-0.39, 0.29) is 47.8 Å². The number of hydrogen-bond donors (Lipinski definition) is 2. The molecule has 1 aromatic heterocycles. The molecule has 9 nitrogen and oxygen atoms in total. The number of oxime groups is 1. The number of rotatable bonds is 10. The van der Waals surface area contributed by atoms with Crippen molar-refractivity contribution in [3.63, 3.8) is 0 Å². The zero-order valence-corrected chi connectivity index (χ0v) is 28.0. The molecule has 47 heavy (non-hydrogen) atoms. The molecule has 5 aliphatic rings. The quantitative estimate of drug-likeness (QED) is 0.284. The number of amides is 2. The fraction of sp³-hybridized carbons (Fsp3) is 0.514. The lowest BCUT2D eigenvalue weighted by atomic mass is 9.43. The van der Waals surface area contributed by atoms with E-state index in [1.807, 2.05) is 54.6 Å². The first-order valence-electron chi connectivity index (χ1n) is 17.0. The fourth-order valence-electron chi connectivity index (χ4n) is 8.56. The molecule has 4 fully saturated rings. The van der Waals surface area contributed by atoms with Crippen molar-refractivity contribution < 1.29 is 23.7 Å². The third-order valence-corrected chi connectivity index (χ3v) is 11.3. The van der Waals surface area contributed by atoms with E-state index in [9.17, 15) is 9.59 Å². The number of pyridine rings is 1. The molecule has 6 atom stereocenters. The van der Waals surface area contributed by atoms with Gasteiger partial charge >= 0.3 is 7.12 Å². The molecule has 2 N–H and O–H groups in total. The Balaban J connectivity index is 1.08. The van der Waals surface area contributed by atoms with Gasteiger partial charge in [-0.2, -0.15) is 0 Å². The van der Waals surface area contributed by atoms with E-state index in [1.54, 1.807) is 12.3 Å². The second-order valence-corrected chi connectivity index (χ2v) is 15.2. The number of nitrogens with one attached hydrogen (secondary N) is 2. The van der Waals surface area contributed by atoms with Gasteiger partial charge in [-0.25, -0.2) is 0 Å². The van der Waals surface area contributed by atoms with Gasteiger partial charge in [0.1, 0.15) is 0 Å². The summed E-state index contributed by atoms with van der Waals surface area (Å²) < 4.78 is 13.5. The van der Waals surface area contributed by atoms with Gasteiger partial charge in [-0.15, -0.1) is 0 Å². The standard InChI is InChI=1S/C37H45BN4O5/c1-23(2)17-32(38-45-31-19-25-18-30(35(25,3)4)36(31,5)46-38)41-34(44)37(20-24-11-7-6-8-12-24)21-26(42-47-37)22-40-33(43)28-13-9-15-29-27(28)14-10-16-39-29/h6-16,23,25,30-32H,17-22H2,1-5H3,(H,40,43)(H,41,44)/t25-,30-,31+,32-,36-,37?/m0/s1. The Morgan fingerprint density at radius 1 is 1.02 bits per heavy atom. The van der Waals surface area contributed by atoms with E-state index in [0.717, 1.165) is 22.9 Å². The average molecular weight is 637 g/mol. The summed E-state index contributed by atoms with van der Waals surface area (Å²) in [5.74, 6) is 0.520. The average Bonchev–Trinajstić information content (AvgIpc) is 3.64. The summed E-state index contributed by atoms with van der Waals surface area (Å²) in [5.41, 5.74) is 1.41. The third-order valence-electron chi connectivity index (χ3n) is 11.3. The van der Waals surface area contributed by atoms with E-state index in [0.29, 0.717) is 41.9 Å². The lowest BCUT2D eigenvalue weighted by Crippen LogP contribution is -2.65. The molecule has 1 saturated heterocycles. The van der Waals surface area contributed by atoms with E-state index in [1.165, 1.54) is 6.42 Å². The molecule has 246 valence electrons. The zero-order valence-electron chi connectivity index (χ0n) is 28.0. The van der Waals surface area contributed by atoms with Gasteiger partial charge in [0, 0.05) is 30.0 Å². The molecule has 2 bridgehead atoms. The van der Waals surface area contributed by atoms with Crippen molar-refractivity contribution in [1.29, 1.82) is 0 Å². The zero-order chi connectivity index (χ0) is 33.0. The lowest BCUT2D eigenvalue weighted by molar-refractivity contribution is -0.199. The molecular weight excluding hydrogens is 591 g/mol. The van der Waals surface area contributed by atoms with Crippen LogP contribution in [0.4, 0.5) is 0 Å². The Morgan fingerprint density at radius 2 is 1.83 bits per heavy atom. The van der Waals surface area contributed by atoms with Crippen LogP contribution >= 0.6 is 0 Å². The number of benzene rings is 2. The summed E-state index contributed by atoms with van der Waals surface area (Å²) in [6, 6.07) is 19.0. The number of carbonyl (C=O) groups excluding carboxylic acids is 2. The second kappa shape index (κ2) is 12.0. The molecule has 3 aromatic rings. The number of nitrogens with zero attached hydrogens (tertiary/aromatic N) is 2. The molecule has 8 rings (SSSR count). The Hall–Kier alpha value is -3.76. The van der Waals surface area contributed by atoms with Crippen LogP contribution in [-0.2, 0) is 25.4 Å². The van der Waals surface area contributed by atoms with Crippen LogP contribution < -0.4 is 10.6 Å². The maximum atomic E-state index is 14.4. The van der Waals surface area contributed by atoms with Gasteiger partial charge in [0.25, 0.3) is 11.8 Å². The molecule has 3 heterocycles. The van der Waals surface area contributed by atoms with Gasteiger partial charge in [-0.3, -0.25) is 14.6 Å². The van der Waals surface area contributed by atoms with Gasteiger partial charge < -0.3 is 24.8 Å². The molecular formula is C37H45BN4O5. The van der Waals surface area contributed by atoms with Crippen LogP contribution in [0.1, 0.15) is 76.2 Å². The normalized spacial score (nSPS) is 29.4. The Kier molecular flexibility index (Phi) is 8.16. The predicted octanol–water partition coefficient (Wildman–Crippen LogP) is 5.52. The van der Waals surface area contributed by atoms with Crippen LogP contribution in [0.2, 0.25) is 0 Å². The van der Waals surface area contributed by atoms with Crippen LogP contribution in [0.25, 0.3) is 10.9 Å². The SMILES string of the molecule is CC(C)C[C@H](NC(=O)C1(Cc2ccccc2)CC(CNC(=O)c2cccc3ncccc23)=NO1)B1O[C@@H]2C[C@@H]3C[C@@H](C3(C)C)[C@]2(C)O1. The summed E-state index contributed by atoms with van der Waals surface area (Å²) in [6.45, 7) is 11.3. The summed E-state index contributed by atoms with van der Waals surface area (Å²) in [6.07, 6.45) is 5.14. The predicted molar refractivity (Wildman–Crippen MR) is 182 cm³/mol. The van der Waals surface area contributed by atoms with Crippen LogP contribution in [0.5, 0.6) is 0 Å². The topological polar surface area (TPSA) is 111 Å². The Labute approximate surface area is 277 Å². The molecule has 0 spiro atoms. The fourth-order valence-corrected chi connectivity index (χ4v) is 8.56. The summed E-state index contributed by atoms with van der Waals surface area (Å²) in [7, 11) is -0.545. The summed E-state index contributed by atoms with van der Waals surface area (Å²) >= 11 is 0. The molecule has 1 unspecified atom stereocenters. The monoisotopic (exact) mass is 636 g/mol. The van der Waals surface area contributed by atoms with Gasteiger partial charge in [0.2, 0.25) is 5.60 Å².